The van der Waals surface area contributed by atoms with E-state index in [2.05, 4.69) is 11.0 Å². The van der Waals surface area contributed by atoms with Gasteiger partial charge >= 0.3 is 5.97 Å². The highest BCUT2D eigenvalue weighted by molar-refractivity contribution is 5.91. The Morgan fingerprint density at radius 3 is 2.69 bits per heavy atom. The quantitative estimate of drug-likeness (QED) is 0.574. The minimum Gasteiger partial charge on any atom is -0.458 e. The first kappa shape index (κ1) is 12.3. The van der Waals surface area contributed by atoms with Gasteiger partial charge in [-0.2, -0.15) is 5.10 Å². The normalized spacial score (nSPS) is 11.9. The van der Waals surface area contributed by atoms with E-state index in [1.165, 1.54) is 0 Å². The lowest BCUT2D eigenvalue weighted by atomic mass is 10.2. The minimum absolute atomic E-state index is 0.267. The Hall–Kier alpha value is -1.76. The van der Waals surface area contributed by atoms with Gasteiger partial charge in [0.25, 0.3) is 0 Å². The van der Waals surface area contributed by atoms with Crippen LogP contribution in [0.2, 0.25) is 0 Å². The molecular weight excluding hydrogens is 204 g/mol. The van der Waals surface area contributed by atoms with Gasteiger partial charge in [-0.05, 0) is 20.8 Å². The molecule has 0 saturated heterocycles. The summed E-state index contributed by atoms with van der Waals surface area (Å²) in [5.74, 6) is 2.10. The zero-order chi connectivity index (χ0) is 12.3. The zero-order valence-electron chi connectivity index (χ0n) is 10.1. The number of rotatable bonds is 3. The molecule has 0 fully saturated rings. The smallest absolute Gasteiger partial charge is 0.342 e. The fourth-order valence-corrected chi connectivity index (χ4v) is 1.52. The van der Waals surface area contributed by atoms with Gasteiger partial charge in [0.05, 0.1) is 5.69 Å². The third kappa shape index (κ3) is 2.43. The van der Waals surface area contributed by atoms with Gasteiger partial charge in [0.2, 0.25) is 0 Å². The Kier molecular flexibility index (Phi) is 3.73. The molecule has 86 valence electrons. The van der Waals surface area contributed by atoms with Crippen LogP contribution >= 0.6 is 0 Å². The zero-order valence-corrected chi connectivity index (χ0v) is 10.1. The van der Waals surface area contributed by atoms with Crippen molar-refractivity contribution in [1.29, 1.82) is 0 Å². The molecule has 4 heteroatoms. The van der Waals surface area contributed by atoms with E-state index < -0.39 is 0 Å². The first-order chi connectivity index (χ1) is 7.47. The van der Waals surface area contributed by atoms with Gasteiger partial charge in [0, 0.05) is 19.2 Å². The molecule has 0 unspecified atom stereocenters. The molecule has 1 aromatic rings. The Bertz CT molecular complexity index is 441. The summed E-state index contributed by atoms with van der Waals surface area (Å²) in [4.78, 5) is 11.8. The van der Waals surface area contributed by atoms with E-state index in [0.29, 0.717) is 17.7 Å². The summed E-state index contributed by atoms with van der Waals surface area (Å²) < 4.78 is 6.88. The lowest BCUT2D eigenvalue weighted by Crippen LogP contribution is -2.15. The number of hydrogen-bond acceptors (Lipinski definition) is 3. The van der Waals surface area contributed by atoms with Gasteiger partial charge in [-0.1, -0.05) is 0 Å². The van der Waals surface area contributed by atoms with Crippen molar-refractivity contribution in [3.63, 3.8) is 0 Å². The second-order valence-corrected chi connectivity index (χ2v) is 3.79. The topological polar surface area (TPSA) is 44.1 Å². The largest absolute Gasteiger partial charge is 0.458 e. The van der Waals surface area contributed by atoms with E-state index >= 15 is 0 Å². The van der Waals surface area contributed by atoms with Crippen molar-refractivity contribution in [3.8, 4) is 12.3 Å². The molecule has 0 aliphatic heterocycles. The maximum absolute atomic E-state index is 11.8. The third-order valence-corrected chi connectivity index (χ3v) is 2.43. The number of terminal acetylenes is 1. The predicted octanol–water partition coefficient (Wildman–Crippen LogP) is 1.61. The summed E-state index contributed by atoms with van der Waals surface area (Å²) in [5.41, 5.74) is 2.01. The summed E-state index contributed by atoms with van der Waals surface area (Å²) >= 11 is 0. The number of nitrogens with zero attached hydrogens (tertiary/aromatic N) is 2. The molecule has 1 heterocycles. The van der Waals surface area contributed by atoms with Crippen LogP contribution in [0.3, 0.4) is 0 Å². The summed E-state index contributed by atoms with van der Waals surface area (Å²) in [5, 5.41) is 4.16. The number of ether oxygens (including phenoxy) is 1. The average molecular weight is 220 g/mol. The number of carbonyl (C=O) groups excluding carboxylic acids is 1. The lowest BCUT2D eigenvalue weighted by Gasteiger charge is -2.10. The van der Waals surface area contributed by atoms with Crippen molar-refractivity contribution in [2.75, 3.05) is 0 Å². The fourth-order valence-electron chi connectivity index (χ4n) is 1.52. The second-order valence-electron chi connectivity index (χ2n) is 3.79. The standard InChI is InChI=1S/C12H16N2O2/c1-6-7-8(2)16-12(15)11-9(3)13-14(5)10(11)4/h1,8H,7H2,2-5H3/t8-/m1/s1. The predicted molar refractivity (Wildman–Crippen MR) is 61.0 cm³/mol. The molecule has 16 heavy (non-hydrogen) atoms. The van der Waals surface area contributed by atoms with Gasteiger partial charge in [-0.15, -0.1) is 12.3 Å². The highest BCUT2D eigenvalue weighted by Crippen LogP contribution is 2.14. The first-order valence-corrected chi connectivity index (χ1v) is 5.12. The monoisotopic (exact) mass is 220 g/mol. The molecule has 1 aromatic heterocycles. The van der Waals surface area contributed by atoms with Crippen LogP contribution in [0.4, 0.5) is 0 Å². The first-order valence-electron chi connectivity index (χ1n) is 5.12. The van der Waals surface area contributed by atoms with Crippen LogP contribution in [0, 0.1) is 26.2 Å². The molecular formula is C12H16N2O2. The van der Waals surface area contributed by atoms with Crippen molar-refractivity contribution in [1.82, 2.24) is 9.78 Å². The Morgan fingerprint density at radius 2 is 2.25 bits per heavy atom. The molecule has 1 rings (SSSR count). The van der Waals surface area contributed by atoms with Crippen LogP contribution in [0.5, 0.6) is 0 Å². The van der Waals surface area contributed by atoms with Crippen LogP contribution < -0.4 is 0 Å². The number of hydrogen-bond donors (Lipinski definition) is 0. The van der Waals surface area contributed by atoms with Crippen LogP contribution in [-0.4, -0.2) is 21.9 Å². The van der Waals surface area contributed by atoms with Gasteiger partial charge in [-0.3, -0.25) is 4.68 Å². The van der Waals surface area contributed by atoms with Crippen LogP contribution in [0.25, 0.3) is 0 Å². The molecule has 0 bridgehead atoms. The molecule has 0 saturated carbocycles. The van der Waals surface area contributed by atoms with Crippen molar-refractivity contribution >= 4 is 5.97 Å². The molecule has 1 atom stereocenters. The number of aromatic nitrogens is 2. The van der Waals surface area contributed by atoms with Crippen molar-refractivity contribution in [2.24, 2.45) is 7.05 Å². The maximum Gasteiger partial charge on any atom is 0.342 e. The molecule has 0 spiro atoms. The fraction of sp³-hybridized carbons (Fsp3) is 0.500. The maximum atomic E-state index is 11.8. The van der Waals surface area contributed by atoms with Crippen molar-refractivity contribution < 1.29 is 9.53 Å². The average Bonchev–Trinajstić information content (AvgIpc) is 2.41. The summed E-state index contributed by atoms with van der Waals surface area (Å²) in [6.07, 6.45) is 5.30. The number of carbonyl (C=O) groups is 1. The minimum atomic E-state index is -0.356. The van der Waals surface area contributed by atoms with Crippen molar-refractivity contribution in [2.45, 2.75) is 33.3 Å². The Labute approximate surface area is 95.6 Å². The van der Waals surface area contributed by atoms with E-state index in [1.54, 1.807) is 25.6 Å². The van der Waals surface area contributed by atoms with Gasteiger partial charge in [0.15, 0.2) is 0 Å². The van der Waals surface area contributed by atoms with E-state index in [1.807, 2.05) is 6.92 Å². The van der Waals surface area contributed by atoms with Crippen LogP contribution in [0.1, 0.15) is 35.1 Å². The SMILES string of the molecule is C#CC[C@@H](C)OC(=O)c1c(C)nn(C)c1C. The third-order valence-electron chi connectivity index (χ3n) is 2.43. The van der Waals surface area contributed by atoms with Crippen LogP contribution in [-0.2, 0) is 11.8 Å². The molecule has 0 radical (unpaired) electrons. The molecule has 0 aliphatic carbocycles. The van der Waals surface area contributed by atoms with Gasteiger partial charge < -0.3 is 4.74 Å². The number of esters is 1. The van der Waals surface area contributed by atoms with Gasteiger partial charge in [-0.25, -0.2) is 4.79 Å². The van der Waals surface area contributed by atoms with Gasteiger partial charge in [0.1, 0.15) is 11.7 Å². The molecule has 0 aromatic carbocycles. The van der Waals surface area contributed by atoms with Crippen molar-refractivity contribution in [3.05, 3.63) is 17.0 Å². The molecule has 0 amide bonds. The van der Waals surface area contributed by atoms with E-state index in [0.717, 1.165) is 5.69 Å². The van der Waals surface area contributed by atoms with Crippen LogP contribution in [0.15, 0.2) is 0 Å². The summed E-state index contributed by atoms with van der Waals surface area (Å²) in [6.45, 7) is 5.40. The van der Waals surface area contributed by atoms with E-state index in [-0.39, 0.29) is 12.1 Å². The Morgan fingerprint density at radius 1 is 1.62 bits per heavy atom. The summed E-state index contributed by atoms with van der Waals surface area (Å²) in [6, 6.07) is 0. The van der Waals surface area contributed by atoms with E-state index in [4.69, 9.17) is 11.2 Å². The molecule has 0 N–H and O–H groups in total. The van der Waals surface area contributed by atoms with E-state index in [9.17, 15) is 4.79 Å². The second kappa shape index (κ2) is 4.84. The highest BCUT2D eigenvalue weighted by atomic mass is 16.5. The summed E-state index contributed by atoms with van der Waals surface area (Å²) in [7, 11) is 1.80. The highest BCUT2D eigenvalue weighted by Gasteiger charge is 2.20. The Balaban J connectivity index is 2.85. The number of aryl methyl sites for hydroxylation is 2. The lowest BCUT2D eigenvalue weighted by molar-refractivity contribution is 0.0350. The molecule has 0 aliphatic rings. The molecule has 4 nitrogen and oxygen atoms in total.